The van der Waals surface area contributed by atoms with E-state index in [1.165, 1.54) is 14.2 Å². The smallest absolute Gasteiger partial charge is 0.383 e. The summed E-state index contributed by atoms with van der Waals surface area (Å²) in [5.74, 6) is -0.298. The molecule has 1 heterocycles. The van der Waals surface area contributed by atoms with Crippen molar-refractivity contribution in [1.29, 1.82) is 0 Å². The number of hydrogen-bond donors (Lipinski definition) is 0. The highest BCUT2D eigenvalue weighted by Crippen LogP contribution is 2.34. The van der Waals surface area contributed by atoms with Crippen molar-refractivity contribution in [3.8, 4) is 17.2 Å². The summed E-state index contributed by atoms with van der Waals surface area (Å²) < 4.78 is 20.8. The maximum Gasteiger partial charge on any atom is 0.383 e. The van der Waals surface area contributed by atoms with E-state index in [1.54, 1.807) is 48.5 Å². The van der Waals surface area contributed by atoms with Crippen LogP contribution in [0.15, 0.2) is 57.7 Å². The number of carbonyl (C=O) groups excluding carboxylic acids is 1. The molecule has 3 rings (SSSR count). The van der Waals surface area contributed by atoms with E-state index < -0.39 is 11.6 Å². The third-order valence-electron chi connectivity index (χ3n) is 3.44. The monoisotopic (exact) mass is 326 g/mol. The fraction of sp³-hybridized carbons (Fsp3) is 0.111. The number of carbonyl (C=O) groups is 1. The van der Waals surface area contributed by atoms with E-state index in [4.69, 9.17) is 18.6 Å². The van der Waals surface area contributed by atoms with Crippen molar-refractivity contribution in [1.82, 2.24) is 0 Å². The zero-order valence-corrected chi connectivity index (χ0v) is 13.1. The zero-order chi connectivity index (χ0) is 17.1. The molecule has 0 aliphatic heterocycles. The van der Waals surface area contributed by atoms with Crippen LogP contribution in [0, 0.1) is 0 Å². The van der Waals surface area contributed by atoms with Gasteiger partial charge in [0.05, 0.1) is 25.2 Å². The Morgan fingerprint density at radius 3 is 2.38 bits per heavy atom. The summed E-state index contributed by atoms with van der Waals surface area (Å²) in [5.41, 5.74) is -0.221. The molecule has 3 aromatic rings. The first-order chi connectivity index (χ1) is 11.6. The number of benzene rings is 2. The summed E-state index contributed by atoms with van der Waals surface area (Å²) >= 11 is 0. The molecule has 2 aromatic carbocycles. The summed E-state index contributed by atoms with van der Waals surface area (Å²) in [6.45, 7) is 0. The van der Waals surface area contributed by atoms with Crippen LogP contribution in [-0.2, 0) is 0 Å². The van der Waals surface area contributed by atoms with Crippen LogP contribution in [0.3, 0.4) is 0 Å². The molecule has 0 bridgehead atoms. The van der Waals surface area contributed by atoms with E-state index in [0.717, 1.165) is 0 Å². The Kier molecular flexibility index (Phi) is 4.20. The second-order valence-electron chi connectivity index (χ2n) is 4.87. The van der Waals surface area contributed by atoms with Crippen LogP contribution < -0.4 is 19.8 Å². The first kappa shape index (κ1) is 15.6. The second-order valence-corrected chi connectivity index (χ2v) is 4.87. The van der Waals surface area contributed by atoms with Gasteiger partial charge in [0.1, 0.15) is 11.3 Å². The summed E-state index contributed by atoms with van der Waals surface area (Å²) in [5, 5.41) is 0.494. The number of rotatable bonds is 4. The molecule has 0 N–H and O–H groups in total. The van der Waals surface area contributed by atoms with Crippen molar-refractivity contribution in [2.24, 2.45) is 0 Å². The summed E-state index contributed by atoms with van der Waals surface area (Å²) in [7, 11) is 2.89. The predicted molar refractivity (Wildman–Crippen MR) is 87.0 cm³/mol. The number of methoxy groups -OCH3 is 2. The van der Waals surface area contributed by atoms with E-state index in [9.17, 15) is 9.59 Å². The van der Waals surface area contributed by atoms with E-state index in [0.29, 0.717) is 16.7 Å². The van der Waals surface area contributed by atoms with Crippen molar-refractivity contribution < 1.29 is 23.4 Å². The minimum atomic E-state index is -0.808. The minimum absolute atomic E-state index is 0.133. The summed E-state index contributed by atoms with van der Waals surface area (Å²) in [6.07, 6.45) is 0. The fourth-order valence-electron chi connectivity index (χ4n) is 2.28. The highest BCUT2D eigenvalue weighted by Gasteiger charge is 2.21. The number of hydrogen-bond acceptors (Lipinski definition) is 6. The standard InChI is InChI=1S/C18H14O6/c1-21-12-8-9-13-14(10-12)23-18(20)16(15(13)22-2)24-17(19)11-6-4-3-5-7-11/h3-10H,1-2H3. The van der Waals surface area contributed by atoms with Crippen LogP contribution in [0.5, 0.6) is 17.2 Å². The molecule has 0 amide bonds. The van der Waals surface area contributed by atoms with Crippen LogP contribution in [0.2, 0.25) is 0 Å². The summed E-state index contributed by atoms with van der Waals surface area (Å²) in [4.78, 5) is 24.4. The van der Waals surface area contributed by atoms with Crippen molar-refractivity contribution in [2.75, 3.05) is 14.2 Å². The van der Waals surface area contributed by atoms with Crippen molar-refractivity contribution in [3.05, 3.63) is 64.5 Å². The Bertz CT molecular complexity index is 943. The average Bonchev–Trinajstić information content (AvgIpc) is 2.62. The van der Waals surface area contributed by atoms with Gasteiger partial charge in [0.2, 0.25) is 0 Å². The van der Waals surface area contributed by atoms with E-state index in [1.807, 2.05) is 0 Å². The molecule has 6 nitrogen and oxygen atoms in total. The van der Waals surface area contributed by atoms with Gasteiger partial charge in [0, 0.05) is 6.07 Å². The molecule has 0 aliphatic carbocycles. The maximum atomic E-state index is 12.2. The summed E-state index contributed by atoms with van der Waals surface area (Å²) in [6, 6.07) is 13.2. The van der Waals surface area contributed by atoms with Gasteiger partial charge >= 0.3 is 11.6 Å². The lowest BCUT2D eigenvalue weighted by molar-refractivity contribution is 0.0723. The van der Waals surface area contributed by atoms with E-state index in [2.05, 4.69) is 0 Å². The highest BCUT2D eigenvalue weighted by atomic mass is 16.6. The number of ether oxygens (including phenoxy) is 3. The lowest BCUT2D eigenvalue weighted by atomic mass is 10.2. The van der Waals surface area contributed by atoms with Gasteiger partial charge in [-0.1, -0.05) is 18.2 Å². The van der Waals surface area contributed by atoms with Gasteiger partial charge in [-0.15, -0.1) is 0 Å². The maximum absolute atomic E-state index is 12.2. The normalized spacial score (nSPS) is 10.4. The Labute approximate surface area is 137 Å². The molecular formula is C18H14O6. The molecule has 0 spiro atoms. The molecule has 0 radical (unpaired) electrons. The van der Waals surface area contributed by atoms with E-state index in [-0.39, 0.29) is 17.1 Å². The molecular weight excluding hydrogens is 312 g/mol. The Hall–Kier alpha value is -3.28. The molecule has 0 fully saturated rings. The van der Waals surface area contributed by atoms with Crippen LogP contribution in [0.25, 0.3) is 11.0 Å². The van der Waals surface area contributed by atoms with Crippen LogP contribution >= 0.6 is 0 Å². The van der Waals surface area contributed by atoms with Gasteiger partial charge in [0.25, 0.3) is 5.75 Å². The van der Waals surface area contributed by atoms with Gasteiger partial charge in [-0.25, -0.2) is 9.59 Å². The van der Waals surface area contributed by atoms with Crippen molar-refractivity contribution >= 4 is 16.9 Å². The van der Waals surface area contributed by atoms with Crippen LogP contribution in [-0.4, -0.2) is 20.2 Å². The van der Waals surface area contributed by atoms with Gasteiger partial charge < -0.3 is 18.6 Å². The Balaban J connectivity index is 2.09. The van der Waals surface area contributed by atoms with Crippen LogP contribution in [0.4, 0.5) is 0 Å². The van der Waals surface area contributed by atoms with Gasteiger partial charge in [-0.3, -0.25) is 0 Å². The SMILES string of the molecule is COc1ccc2c(OC)c(OC(=O)c3ccccc3)c(=O)oc2c1. The Morgan fingerprint density at radius 2 is 1.71 bits per heavy atom. The third kappa shape index (κ3) is 2.81. The minimum Gasteiger partial charge on any atom is -0.497 e. The molecule has 0 aliphatic rings. The van der Waals surface area contributed by atoms with Gasteiger partial charge in [-0.05, 0) is 24.3 Å². The molecule has 0 saturated heterocycles. The van der Waals surface area contributed by atoms with Gasteiger partial charge in [0.15, 0.2) is 5.75 Å². The third-order valence-corrected chi connectivity index (χ3v) is 3.44. The molecule has 24 heavy (non-hydrogen) atoms. The first-order valence-corrected chi connectivity index (χ1v) is 7.10. The Morgan fingerprint density at radius 1 is 0.958 bits per heavy atom. The lowest BCUT2D eigenvalue weighted by Crippen LogP contribution is -2.15. The molecule has 6 heteroatoms. The number of esters is 1. The second kappa shape index (κ2) is 6.45. The molecule has 122 valence electrons. The zero-order valence-electron chi connectivity index (χ0n) is 13.1. The van der Waals surface area contributed by atoms with Crippen molar-refractivity contribution in [2.45, 2.75) is 0 Å². The average molecular weight is 326 g/mol. The highest BCUT2D eigenvalue weighted by molar-refractivity contribution is 5.93. The van der Waals surface area contributed by atoms with Crippen molar-refractivity contribution in [3.63, 3.8) is 0 Å². The topological polar surface area (TPSA) is 75.0 Å². The molecule has 1 aromatic heterocycles. The quantitative estimate of drug-likeness (QED) is 0.542. The van der Waals surface area contributed by atoms with Gasteiger partial charge in [-0.2, -0.15) is 0 Å². The number of fused-ring (bicyclic) bond motifs is 1. The molecule has 0 unspecified atom stereocenters. The van der Waals surface area contributed by atoms with Crippen LogP contribution in [0.1, 0.15) is 10.4 Å². The fourth-order valence-corrected chi connectivity index (χ4v) is 2.28. The predicted octanol–water partition coefficient (Wildman–Crippen LogP) is 3.03. The first-order valence-electron chi connectivity index (χ1n) is 7.10. The lowest BCUT2D eigenvalue weighted by Gasteiger charge is -2.11. The molecule has 0 atom stereocenters. The largest absolute Gasteiger partial charge is 0.497 e. The molecule has 0 saturated carbocycles. The van der Waals surface area contributed by atoms with E-state index >= 15 is 0 Å².